The van der Waals surface area contributed by atoms with Crippen LogP contribution in [0.3, 0.4) is 0 Å². The van der Waals surface area contributed by atoms with Crippen molar-refractivity contribution < 1.29 is 19.1 Å². The van der Waals surface area contributed by atoms with Gasteiger partial charge in [0.15, 0.2) is 0 Å². The van der Waals surface area contributed by atoms with Crippen LogP contribution in [-0.4, -0.2) is 22.8 Å². The number of hydrogen-bond donors (Lipinski definition) is 0. The Kier molecular flexibility index (Phi) is 6.24. The molecule has 2 bridgehead atoms. The fraction of sp³-hybridized carbons (Fsp3) is 0.462. The molecule has 0 spiro atoms. The number of rotatable bonds is 2. The molecule has 4 rings (SSSR count). The molecule has 1 saturated heterocycles. The quantitative estimate of drug-likeness (QED) is 0.383. The van der Waals surface area contributed by atoms with E-state index in [9.17, 15) is 14.4 Å². The zero-order valence-corrected chi connectivity index (χ0v) is 18.1. The first-order valence-electron chi connectivity index (χ1n) is 11.2. The van der Waals surface area contributed by atoms with Gasteiger partial charge in [-0.05, 0) is 68.1 Å². The summed E-state index contributed by atoms with van der Waals surface area (Å²) in [6.45, 7) is 4.10. The maximum atomic E-state index is 13.6. The Morgan fingerprint density at radius 3 is 2.65 bits per heavy atom. The van der Waals surface area contributed by atoms with E-state index < -0.39 is 29.7 Å². The van der Waals surface area contributed by atoms with Gasteiger partial charge in [-0.3, -0.25) is 9.59 Å². The number of allylic oxidation sites excluding steroid dienone is 3. The predicted molar refractivity (Wildman–Crippen MR) is 116 cm³/mol. The van der Waals surface area contributed by atoms with E-state index in [0.29, 0.717) is 6.42 Å². The minimum absolute atomic E-state index is 0.0282. The molecule has 5 atom stereocenters. The molecule has 31 heavy (non-hydrogen) atoms. The Labute approximate surface area is 183 Å². The van der Waals surface area contributed by atoms with Gasteiger partial charge in [-0.15, -0.1) is 5.73 Å². The van der Waals surface area contributed by atoms with Gasteiger partial charge in [0.25, 0.3) is 0 Å². The van der Waals surface area contributed by atoms with Gasteiger partial charge in [0.1, 0.15) is 6.61 Å². The number of carbonyl (C=O) groups is 3. The van der Waals surface area contributed by atoms with Crippen LogP contribution in [0, 0.1) is 29.6 Å². The van der Waals surface area contributed by atoms with E-state index in [1.165, 1.54) is 5.57 Å². The van der Waals surface area contributed by atoms with E-state index in [0.717, 1.165) is 29.7 Å². The molecule has 1 heterocycles. The van der Waals surface area contributed by atoms with Crippen LogP contribution in [0.25, 0.3) is 0 Å². The van der Waals surface area contributed by atoms with Gasteiger partial charge in [-0.25, -0.2) is 4.79 Å². The third kappa shape index (κ3) is 4.03. The average molecular weight is 420 g/mol. The third-order valence-corrected chi connectivity index (χ3v) is 6.98. The number of hydrogen-bond acceptors (Lipinski definition) is 4. The van der Waals surface area contributed by atoms with Crippen LogP contribution in [0.2, 0.25) is 0 Å². The Balaban J connectivity index is 1.67. The van der Waals surface area contributed by atoms with Crippen molar-refractivity contribution in [2.24, 2.45) is 29.6 Å². The molecule has 162 valence electrons. The van der Waals surface area contributed by atoms with Crippen molar-refractivity contribution in [1.29, 1.82) is 0 Å². The summed E-state index contributed by atoms with van der Waals surface area (Å²) in [7, 11) is 0. The number of ether oxygens (including phenoxy) is 1. The monoisotopic (exact) mass is 419 g/mol. The van der Waals surface area contributed by atoms with Crippen LogP contribution in [-0.2, 0) is 20.9 Å². The van der Waals surface area contributed by atoms with Crippen molar-refractivity contribution in [2.45, 2.75) is 46.1 Å². The first-order chi connectivity index (χ1) is 15.0. The normalized spacial score (nSPS) is 31.6. The largest absolute Gasteiger partial charge is 0.444 e. The Morgan fingerprint density at radius 1 is 1.16 bits per heavy atom. The zero-order valence-electron chi connectivity index (χ0n) is 18.1. The molecule has 2 fully saturated rings. The molecule has 1 aromatic rings. The van der Waals surface area contributed by atoms with Crippen molar-refractivity contribution in [3.05, 3.63) is 65.4 Å². The lowest BCUT2D eigenvalue weighted by Gasteiger charge is -2.36. The summed E-state index contributed by atoms with van der Waals surface area (Å²) in [5.41, 5.74) is 5.27. The van der Waals surface area contributed by atoms with Crippen molar-refractivity contribution in [3.8, 4) is 0 Å². The van der Waals surface area contributed by atoms with Gasteiger partial charge >= 0.3 is 6.09 Å². The second-order valence-corrected chi connectivity index (χ2v) is 8.78. The Bertz CT molecular complexity index is 957. The van der Waals surface area contributed by atoms with Crippen LogP contribution in [0.4, 0.5) is 4.79 Å². The first-order valence-corrected chi connectivity index (χ1v) is 11.2. The van der Waals surface area contributed by atoms with Crippen molar-refractivity contribution in [3.63, 3.8) is 0 Å². The summed E-state index contributed by atoms with van der Waals surface area (Å²) < 4.78 is 5.38. The molecule has 5 nitrogen and oxygen atoms in total. The lowest BCUT2D eigenvalue weighted by atomic mass is 9.65. The summed E-state index contributed by atoms with van der Waals surface area (Å²) in [5, 5.41) is 0. The number of amides is 3. The minimum atomic E-state index is -0.860. The lowest BCUT2D eigenvalue weighted by Crippen LogP contribution is -2.39. The highest BCUT2D eigenvalue weighted by Crippen LogP contribution is 2.48. The predicted octanol–water partition coefficient (Wildman–Crippen LogP) is 5.04. The van der Waals surface area contributed by atoms with Crippen molar-refractivity contribution in [1.82, 2.24) is 4.90 Å². The highest BCUT2D eigenvalue weighted by molar-refractivity contribution is 6.15. The Hall–Kier alpha value is -2.91. The standard InChI is InChI=1S/C26H29NO4/c1-3-19-14-9-15-20-13-8-7-10-17(2)21(19)23-22(20)24(28)27(25(23)29)26(30)31-16-18-11-5-4-6-12-18/h3-6,8,10-12,17,20-23H,9,13-16H2,1-2H3/b19-3+/t7?,17?,20-,21?,22?,23?/m0/s1. The summed E-state index contributed by atoms with van der Waals surface area (Å²) in [5.74, 6) is -1.88. The molecule has 0 N–H and O–H groups in total. The van der Waals surface area contributed by atoms with Gasteiger partial charge < -0.3 is 4.74 Å². The second kappa shape index (κ2) is 9.07. The molecular formula is C26H29NO4. The number of benzene rings is 1. The fourth-order valence-electron chi connectivity index (χ4n) is 5.50. The summed E-state index contributed by atoms with van der Waals surface area (Å²) in [4.78, 5) is 40.7. The van der Waals surface area contributed by atoms with E-state index in [4.69, 9.17) is 4.74 Å². The molecule has 4 unspecified atom stereocenters. The molecule has 1 aliphatic heterocycles. The topological polar surface area (TPSA) is 63.7 Å². The minimum Gasteiger partial charge on any atom is -0.444 e. The maximum absolute atomic E-state index is 13.6. The number of carbonyl (C=O) groups excluding carboxylic acids is 3. The third-order valence-electron chi connectivity index (χ3n) is 6.98. The first kappa shape index (κ1) is 21.3. The van der Waals surface area contributed by atoms with Gasteiger partial charge in [-0.2, -0.15) is 4.90 Å². The van der Waals surface area contributed by atoms with Crippen LogP contribution in [0.1, 0.15) is 45.1 Å². The molecule has 3 amide bonds. The maximum Gasteiger partial charge on any atom is 0.423 e. The van der Waals surface area contributed by atoms with E-state index in [1.54, 1.807) is 0 Å². The average Bonchev–Trinajstić information content (AvgIpc) is 3.02. The van der Waals surface area contributed by atoms with Crippen LogP contribution in [0.15, 0.2) is 59.9 Å². The van der Waals surface area contributed by atoms with E-state index >= 15 is 0 Å². The van der Waals surface area contributed by atoms with Crippen LogP contribution >= 0.6 is 0 Å². The highest BCUT2D eigenvalue weighted by atomic mass is 16.6. The van der Waals surface area contributed by atoms with E-state index in [1.807, 2.05) is 49.4 Å². The molecule has 3 aliphatic rings. The molecule has 1 saturated carbocycles. The molecule has 1 aromatic carbocycles. The van der Waals surface area contributed by atoms with Gasteiger partial charge in [0, 0.05) is 0 Å². The lowest BCUT2D eigenvalue weighted by molar-refractivity contribution is -0.138. The summed E-state index contributed by atoms with van der Waals surface area (Å²) in [6.07, 6.45) is 8.65. The fourth-order valence-corrected chi connectivity index (χ4v) is 5.50. The SMILES string of the molecule is C/C=C1\CCC[C@@H]2CC=C=CC(C)C1C1C(=O)N(C(=O)OCc3ccccc3)C(=O)C12. The molecular weight excluding hydrogens is 390 g/mol. The smallest absolute Gasteiger partial charge is 0.423 e. The molecule has 0 aromatic heterocycles. The summed E-state index contributed by atoms with van der Waals surface area (Å²) in [6, 6.07) is 9.26. The second-order valence-electron chi connectivity index (χ2n) is 8.78. The number of imide groups is 3. The molecule has 0 radical (unpaired) electrons. The number of nitrogens with zero attached hydrogens (tertiary/aromatic N) is 1. The van der Waals surface area contributed by atoms with E-state index in [-0.39, 0.29) is 24.4 Å². The van der Waals surface area contributed by atoms with E-state index in [2.05, 4.69) is 18.7 Å². The van der Waals surface area contributed by atoms with Crippen molar-refractivity contribution in [2.75, 3.05) is 0 Å². The van der Waals surface area contributed by atoms with Gasteiger partial charge in [0.05, 0.1) is 11.8 Å². The molecule has 5 heteroatoms. The van der Waals surface area contributed by atoms with Crippen LogP contribution < -0.4 is 0 Å². The van der Waals surface area contributed by atoms with Gasteiger partial charge in [-0.1, -0.05) is 48.9 Å². The van der Waals surface area contributed by atoms with Gasteiger partial charge in [0.2, 0.25) is 11.8 Å². The van der Waals surface area contributed by atoms with Crippen molar-refractivity contribution >= 4 is 17.9 Å². The zero-order chi connectivity index (χ0) is 22.0. The molecule has 2 aliphatic carbocycles. The highest BCUT2D eigenvalue weighted by Gasteiger charge is 2.57. The summed E-state index contributed by atoms with van der Waals surface area (Å²) >= 11 is 0. The Morgan fingerprint density at radius 2 is 1.90 bits per heavy atom. The van der Waals surface area contributed by atoms with Crippen LogP contribution in [0.5, 0.6) is 0 Å². The number of likely N-dealkylation sites (tertiary alicyclic amines) is 1.